The Labute approximate surface area is 101 Å². The van der Waals surface area contributed by atoms with Crippen LogP contribution >= 0.6 is 0 Å². The Bertz CT molecular complexity index is 391. The van der Waals surface area contributed by atoms with Crippen molar-refractivity contribution in [1.29, 1.82) is 0 Å². The Morgan fingerprint density at radius 1 is 1.41 bits per heavy atom. The van der Waals surface area contributed by atoms with E-state index in [1.165, 1.54) is 6.42 Å². The fraction of sp³-hybridized carbons (Fsp3) is 0.833. The number of nitrogens with zero attached hydrogens (tertiary/aromatic N) is 2. The number of fused-ring (bicyclic) bond motifs is 2. The third-order valence-corrected chi connectivity index (χ3v) is 3.54. The molecule has 3 rings (SSSR count). The predicted molar refractivity (Wildman–Crippen MR) is 62.9 cm³/mol. The van der Waals surface area contributed by atoms with E-state index in [9.17, 15) is 0 Å². The van der Waals surface area contributed by atoms with Gasteiger partial charge in [-0.05, 0) is 25.2 Å². The van der Waals surface area contributed by atoms with Gasteiger partial charge in [-0.2, -0.15) is 4.98 Å². The van der Waals surface area contributed by atoms with E-state index in [0.29, 0.717) is 30.1 Å². The highest BCUT2D eigenvalue weighted by Crippen LogP contribution is 2.43. The molecule has 5 heteroatoms. The van der Waals surface area contributed by atoms with Gasteiger partial charge in [-0.1, -0.05) is 19.0 Å². The zero-order valence-electron chi connectivity index (χ0n) is 10.3. The van der Waals surface area contributed by atoms with Crippen molar-refractivity contribution in [3.8, 4) is 0 Å². The molecule has 2 aliphatic rings. The summed E-state index contributed by atoms with van der Waals surface area (Å²) in [5.74, 6) is 1.71. The van der Waals surface area contributed by atoms with Crippen LogP contribution in [-0.2, 0) is 4.74 Å². The zero-order chi connectivity index (χ0) is 11.8. The highest BCUT2D eigenvalue weighted by atomic mass is 16.5. The molecule has 3 heterocycles. The molecule has 1 aromatic rings. The molecule has 0 saturated carbocycles. The summed E-state index contributed by atoms with van der Waals surface area (Å²) in [7, 11) is 0. The van der Waals surface area contributed by atoms with Crippen molar-refractivity contribution in [1.82, 2.24) is 10.1 Å². The molecule has 17 heavy (non-hydrogen) atoms. The Balaban J connectivity index is 1.64. The maximum absolute atomic E-state index is 5.80. The average molecular weight is 237 g/mol. The highest BCUT2D eigenvalue weighted by molar-refractivity contribution is 5.20. The Morgan fingerprint density at radius 3 is 2.94 bits per heavy atom. The summed E-state index contributed by atoms with van der Waals surface area (Å²) in [4.78, 5) is 4.41. The Hall–Kier alpha value is -1.10. The molecule has 0 spiro atoms. The van der Waals surface area contributed by atoms with Gasteiger partial charge < -0.3 is 14.6 Å². The normalized spacial score (nSPS) is 31.4. The highest BCUT2D eigenvalue weighted by Gasteiger charge is 2.43. The molecule has 2 fully saturated rings. The van der Waals surface area contributed by atoms with Crippen molar-refractivity contribution in [2.75, 3.05) is 11.9 Å². The third-order valence-electron chi connectivity index (χ3n) is 3.54. The molecule has 3 unspecified atom stereocenters. The van der Waals surface area contributed by atoms with E-state index in [4.69, 9.17) is 9.26 Å². The topological polar surface area (TPSA) is 60.2 Å². The number of hydrogen-bond donors (Lipinski definition) is 1. The van der Waals surface area contributed by atoms with Crippen molar-refractivity contribution in [3.63, 3.8) is 0 Å². The van der Waals surface area contributed by atoms with Gasteiger partial charge in [-0.15, -0.1) is 0 Å². The molecule has 0 aliphatic carbocycles. The van der Waals surface area contributed by atoms with Crippen molar-refractivity contribution < 1.29 is 9.26 Å². The van der Waals surface area contributed by atoms with E-state index in [-0.39, 0.29) is 0 Å². The molecule has 94 valence electrons. The molecular formula is C12H19N3O2. The summed E-state index contributed by atoms with van der Waals surface area (Å²) < 4.78 is 11.0. The van der Waals surface area contributed by atoms with E-state index >= 15 is 0 Å². The fourth-order valence-electron chi connectivity index (χ4n) is 2.66. The van der Waals surface area contributed by atoms with Crippen LogP contribution in [0.1, 0.15) is 44.9 Å². The Morgan fingerprint density at radius 2 is 2.29 bits per heavy atom. The monoisotopic (exact) mass is 237 g/mol. The minimum absolute atomic E-state index is 0.315. The summed E-state index contributed by atoms with van der Waals surface area (Å²) in [6.07, 6.45) is 4.12. The van der Waals surface area contributed by atoms with Crippen LogP contribution in [0.25, 0.3) is 0 Å². The second-order valence-corrected chi connectivity index (χ2v) is 5.45. The van der Waals surface area contributed by atoms with Gasteiger partial charge in [-0.3, -0.25) is 0 Å². The quantitative estimate of drug-likeness (QED) is 0.869. The number of hydrogen-bond acceptors (Lipinski definition) is 5. The van der Waals surface area contributed by atoms with Gasteiger partial charge in [0, 0.05) is 6.54 Å². The molecule has 1 N–H and O–H groups in total. The molecule has 0 radical (unpaired) electrons. The van der Waals surface area contributed by atoms with Crippen molar-refractivity contribution in [3.05, 3.63) is 5.82 Å². The number of ether oxygens (including phenoxy) is 1. The molecule has 2 aliphatic heterocycles. The van der Waals surface area contributed by atoms with Gasteiger partial charge in [0.15, 0.2) is 5.82 Å². The second kappa shape index (κ2) is 4.29. The predicted octanol–water partition coefficient (Wildman–Crippen LogP) is 2.17. The third kappa shape index (κ3) is 2.16. The molecule has 1 aromatic heterocycles. The lowest BCUT2D eigenvalue weighted by molar-refractivity contribution is 0.0996. The average Bonchev–Trinajstić information content (AvgIpc) is 3.01. The van der Waals surface area contributed by atoms with E-state index in [1.807, 2.05) is 0 Å². The smallest absolute Gasteiger partial charge is 0.321 e. The van der Waals surface area contributed by atoms with Gasteiger partial charge in [0.25, 0.3) is 0 Å². The minimum atomic E-state index is 0.315. The Kier molecular flexibility index (Phi) is 2.78. The molecule has 5 nitrogen and oxygen atoms in total. The van der Waals surface area contributed by atoms with Crippen LogP contribution in [0.5, 0.6) is 0 Å². The van der Waals surface area contributed by atoms with Crippen LogP contribution in [-0.4, -0.2) is 28.9 Å². The molecule has 0 aromatic carbocycles. The maximum Gasteiger partial charge on any atom is 0.321 e. The van der Waals surface area contributed by atoms with Gasteiger partial charge in [-0.25, -0.2) is 0 Å². The zero-order valence-corrected chi connectivity index (χ0v) is 10.3. The lowest BCUT2D eigenvalue weighted by Crippen LogP contribution is -2.15. The van der Waals surface area contributed by atoms with Gasteiger partial charge >= 0.3 is 6.01 Å². The molecule has 0 amide bonds. The summed E-state index contributed by atoms with van der Waals surface area (Å²) in [6.45, 7) is 5.15. The molecule has 3 atom stereocenters. The summed E-state index contributed by atoms with van der Waals surface area (Å²) in [5, 5.41) is 7.22. The summed E-state index contributed by atoms with van der Waals surface area (Å²) in [6, 6.07) is 0.538. The molecule has 2 bridgehead atoms. The van der Waals surface area contributed by atoms with Gasteiger partial charge in [0.05, 0.1) is 18.1 Å². The summed E-state index contributed by atoms with van der Waals surface area (Å²) >= 11 is 0. The first-order chi connectivity index (χ1) is 8.22. The number of nitrogens with one attached hydrogen (secondary N) is 1. The van der Waals surface area contributed by atoms with Crippen LogP contribution in [0.4, 0.5) is 6.01 Å². The molecular weight excluding hydrogens is 218 g/mol. The number of aromatic nitrogens is 2. The van der Waals surface area contributed by atoms with E-state index < -0.39 is 0 Å². The first-order valence-corrected chi connectivity index (χ1v) is 6.45. The largest absolute Gasteiger partial charge is 0.374 e. The van der Waals surface area contributed by atoms with Crippen LogP contribution in [0.2, 0.25) is 0 Å². The second-order valence-electron chi connectivity index (χ2n) is 5.45. The standard InChI is InChI=1S/C12H19N3O2/c1-7(2)6-13-12-14-11(15-17-12)9-5-8-3-4-10(9)16-8/h7-10H,3-6H2,1-2H3,(H,13,14,15). The van der Waals surface area contributed by atoms with Crippen LogP contribution in [0, 0.1) is 5.92 Å². The number of anilines is 1. The SMILES string of the molecule is CC(C)CNc1nc(C2CC3CCC2O3)no1. The van der Waals surface area contributed by atoms with Crippen LogP contribution in [0.3, 0.4) is 0 Å². The lowest BCUT2D eigenvalue weighted by Gasteiger charge is -2.13. The van der Waals surface area contributed by atoms with E-state index in [2.05, 4.69) is 29.3 Å². The van der Waals surface area contributed by atoms with Crippen LogP contribution < -0.4 is 5.32 Å². The number of rotatable bonds is 4. The van der Waals surface area contributed by atoms with Gasteiger partial charge in [0.2, 0.25) is 0 Å². The van der Waals surface area contributed by atoms with Crippen molar-refractivity contribution in [2.24, 2.45) is 5.92 Å². The minimum Gasteiger partial charge on any atom is -0.374 e. The maximum atomic E-state index is 5.80. The van der Waals surface area contributed by atoms with Crippen LogP contribution in [0.15, 0.2) is 4.52 Å². The van der Waals surface area contributed by atoms with Crippen molar-refractivity contribution in [2.45, 2.75) is 51.2 Å². The molecule has 2 saturated heterocycles. The first-order valence-electron chi connectivity index (χ1n) is 6.45. The lowest BCUT2D eigenvalue weighted by atomic mass is 9.89. The van der Waals surface area contributed by atoms with Crippen molar-refractivity contribution >= 4 is 6.01 Å². The van der Waals surface area contributed by atoms with E-state index in [1.54, 1.807) is 0 Å². The fourth-order valence-corrected chi connectivity index (χ4v) is 2.66. The summed E-state index contributed by atoms with van der Waals surface area (Å²) in [5.41, 5.74) is 0. The van der Waals surface area contributed by atoms with E-state index in [0.717, 1.165) is 25.2 Å². The van der Waals surface area contributed by atoms with Gasteiger partial charge in [0.1, 0.15) is 0 Å². The first kappa shape index (κ1) is 11.0.